The maximum absolute atomic E-state index is 4.26. The van der Waals surface area contributed by atoms with Crippen LogP contribution in [0.15, 0.2) is 159 Å². The molecule has 1 aromatic heterocycles. The van der Waals surface area contributed by atoms with Crippen molar-refractivity contribution in [3.05, 3.63) is 182 Å². The van der Waals surface area contributed by atoms with Crippen LogP contribution in [-0.2, 0) is 6.42 Å². The monoisotopic (exact) mass is 657 g/mol. The summed E-state index contributed by atoms with van der Waals surface area (Å²) in [5.74, 6) is 0. The first kappa shape index (κ1) is 33.3. The van der Waals surface area contributed by atoms with Crippen molar-refractivity contribution in [2.24, 2.45) is 0 Å². The van der Waals surface area contributed by atoms with Gasteiger partial charge >= 0.3 is 0 Å². The van der Waals surface area contributed by atoms with E-state index in [2.05, 4.69) is 178 Å². The number of allylic oxidation sites excluding steroid dienone is 2. The van der Waals surface area contributed by atoms with E-state index >= 15 is 0 Å². The molecule has 0 amide bonds. The van der Waals surface area contributed by atoms with E-state index in [1.54, 1.807) is 6.08 Å². The summed E-state index contributed by atoms with van der Waals surface area (Å²) in [6, 6.07) is 46.6. The Kier molecular flexibility index (Phi) is 9.38. The molecule has 248 valence electrons. The molecule has 0 bridgehead atoms. The van der Waals surface area contributed by atoms with Gasteiger partial charge in [0.15, 0.2) is 0 Å². The molecule has 1 heteroatoms. The van der Waals surface area contributed by atoms with Crippen LogP contribution in [0.3, 0.4) is 0 Å². The molecule has 0 radical (unpaired) electrons. The van der Waals surface area contributed by atoms with Gasteiger partial charge in [0.1, 0.15) is 0 Å². The zero-order valence-corrected chi connectivity index (χ0v) is 29.8. The molecule has 0 aliphatic rings. The normalized spacial score (nSPS) is 11.3. The Morgan fingerprint density at radius 2 is 1.00 bits per heavy atom. The number of rotatable bonds is 7. The highest BCUT2D eigenvalue weighted by molar-refractivity contribution is 6.21. The first-order chi connectivity index (χ1) is 25.1. The fraction of sp³-hybridized carbons (Fsp3) is 0.0800. The molecule has 0 aliphatic carbocycles. The van der Waals surface area contributed by atoms with E-state index in [1.807, 2.05) is 19.1 Å². The zero-order chi connectivity index (χ0) is 35.5. The molecule has 51 heavy (non-hydrogen) atoms. The van der Waals surface area contributed by atoms with Crippen LogP contribution in [0.1, 0.15) is 43.0 Å². The minimum Gasteiger partial charge on any atom is -0.309 e. The third kappa shape index (κ3) is 5.62. The molecule has 0 aliphatic heterocycles. The van der Waals surface area contributed by atoms with Crippen molar-refractivity contribution in [1.82, 2.24) is 4.57 Å². The summed E-state index contributed by atoms with van der Waals surface area (Å²) in [5, 5.41) is 7.50. The highest BCUT2D eigenvalue weighted by Crippen LogP contribution is 2.44. The third-order valence-electron chi connectivity index (χ3n) is 9.85. The van der Waals surface area contributed by atoms with Crippen molar-refractivity contribution in [3.63, 3.8) is 0 Å². The first-order valence-corrected chi connectivity index (χ1v) is 17.8. The van der Waals surface area contributed by atoms with Gasteiger partial charge in [0.25, 0.3) is 0 Å². The lowest BCUT2D eigenvalue weighted by atomic mass is 9.86. The molecule has 0 atom stereocenters. The quantitative estimate of drug-likeness (QED) is 0.119. The van der Waals surface area contributed by atoms with Crippen LogP contribution >= 0.6 is 0 Å². The minimum absolute atomic E-state index is 0.946. The van der Waals surface area contributed by atoms with Crippen molar-refractivity contribution in [2.75, 3.05) is 0 Å². The Labute approximate surface area is 301 Å². The molecule has 0 N–H and O–H groups in total. The van der Waals surface area contributed by atoms with Gasteiger partial charge in [0, 0.05) is 16.5 Å². The summed E-state index contributed by atoms with van der Waals surface area (Å²) >= 11 is 0. The predicted molar refractivity (Wildman–Crippen MR) is 227 cm³/mol. The Morgan fingerprint density at radius 1 is 0.529 bits per heavy atom. The second kappa shape index (κ2) is 14.4. The highest BCUT2D eigenvalue weighted by Gasteiger charge is 2.20. The zero-order valence-electron chi connectivity index (χ0n) is 29.8. The molecule has 0 fully saturated rings. The van der Waals surface area contributed by atoms with Crippen molar-refractivity contribution < 1.29 is 0 Å². The van der Waals surface area contributed by atoms with Crippen LogP contribution in [0.2, 0.25) is 0 Å². The molecular weight excluding hydrogens is 615 g/mol. The summed E-state index contributed by atoms with van der Waals surface area (Å²) < 4.78 is 2.40. The summed E-state index contributed by atoms with van der Waals surface area (Å²) in [5.41, 5.74) is 13.3. The fourth-order valence-corrected chi connectivity index (χ4v) is 7.80. The van der Waals surface area contributed by atoms with Crippen LogP contribution in [-0.4, -0.2) is 4.57 Å². The summed E-state index contributed by atoms with van der Waals surface area (Å²) in [4.78, 5) is 0. The number of hydrogen-bond acceptors (Lipinski definition) is 0. The van der Waals surface area contributed by atoms with Gasteiger partial charge in [-0.3, -0.25) is 0 Å². The van der Waals surface area contributed by atoms with Crippen molar-refractivity contribution in [2.45, 2.75) is 27.2 Å². The molecule has 7 aromatic carbocycles. The number of nitrogens with zero attached hydrogens (tertiary/aromatic N) is 1. The van der Waals surface area contributed by atoms with Gasteiger partial charge < -0.3 is 4.57 Å². The average molecular weight is 658 g/mol. The number of fused-ring (bicyclic) bond motifs is 5. The molecule has 0 saturated carbocycles. The van der Waals surface area contributed by atoms with Crippen molar-refractivity contribution >= 4 is 61.6 Å². The molecule has 1 nitrogen and oxygen atoms in total. The van der Waals surface area contributed by atoms with Crippen LogP contribution < -0.4 is 0 Å². The van der Waals surface area contributed by atoms with Gasteiger partial charge in [-0.25, -0.2) is 0 Å². The van der Waals surface area contributed by atoms with Gasteiger partial charge in [0.05, 0.1) is 11.0 Å². The lowest BCUT2D eigenvalue weighted by Gasteiger charge is -2.18. The molecule has 8 aromatic rings. The molecule has 0 saturated heterocycles. The Bertz CT molecular complexity index is 2550. The summed E-state index contributed by atoms with van der Waals surface area (Å²) in [6.07, 6.45) is 11.0. The minimum atomic E-state index is 0.946. The smallest absolute Gasteiger partial charge is 0.0547 e. The van der Waals surface area contributed by atoms with Crippen molar-refractivity contribution in [1.29, 1.82) is 0 Å². The lowest BCUT2D eigenvalue weighted by Crippen LogP contribution is -1.96. The predicted octanol–water partition coefficient (Wildman–Crippen LogP) is 14.5. The summed E-state index contributed by atoms with van der Waals surface area (Å²) in [6.45, 7) is 18.1. The average Bonchev–Trinajstić information content (AvgIpc) is 3.51. The SMILES string of the molecule is C=CC.C=Cc1c(/C=C\C)ccc2c1c1c(C=C)c(CC)ccc1n2-c1ccc(-c2c3ccccc3c(-c3ccccc3)c3ccccc23)cc1. The fourth-order valence-electron chi connectivity index (χ4n) is 7.80. The van der Waals surface area contributed by atoms with Gasteiger partial charge in [-0.2, -0.15) is 0 Å². The molecule has 8 rings (SSSR count). The van der Waals surface area contributed by atoms with E-state index in [0.717, 1.165) is 17.7 Å². The van der Waals surface area contributed by atoms with Gasteiger partial charge in [-0.15, -0.1) is 6.58 Å². The van der Waals surface area contributed by atoms with Gasteiger partial charge in [0.2, 0.25) is 0 Å². The van der Waals surface area contributed by atoms with Gasteiger partial charge in [-0.1, -0.05) is 154 Å². The Hall–Kier alpha value is -6.18. The van der Waals surface area contributed by atoms with Crippen LogP contribution in [0, 0.1) is 0 Å². The summed E-state index contributed by atoms with van der Waals surface area (Å²) in [7, 11) is 0. The first-order valence-electron chi connectivity index (χ1n) is 17.8. The number of aromatic nitrogens is 1. The van der Waals surface area contributed by atoms with E-state index in [9.17, 15) is 0 Å². The van der Waals surface area contributed by atoms with E-state index in [0.29, 0.717) is 0 Å². The molecule has 1 heterocycles. The van der Waals surface area contributed by atoms with Crippen LogP contribution in [0.4, 0.5) is 0 Å². The lowest BCUT2D eigenvalue weighted by molar-refractivity contribution is 1.13. The Morgan fingerprint density at radius 3 is 1.49 bits per heavy atom. The number of aryl methyl sites for hydroxylation is 1. The molecule has 0 unspecified atom stereocenters. The van der Waals surface area contributed by atoms with Crippen LogP contribution in [0.5, 0.6) is 0 Å². The maximum atomic E-state index is 4.26. The van der Waals surface area contributed by atoms with Crippen LogP contribution in [0.25, 0.3) is 89.5 Å². The highest BCUT2D eigenvalue weighted by atomic mass is 15.0. The van der Waals surface area contributed by atoms with Gasteiger partial charge in [-0.05, 0) is 111 Å². The number of benzene rings is 7. The van der Waals surface area contributed by atoms with E-state index in [1.165, 1.54) is 82.3 Å². The second-order valence-corrected chi connectivity index (χ2v) is 12.8. The van der Waals surface area contributed by atoms with E-state index in [4.69, 9.17) is 0 Å². The third-order valence-corrected chi connectivity index (χ3v) is 9.85. The Balaban J connectivity index is 0.00000131. The topological polar surface area (TPSA) is 4.93 Å². The largest absolute Gasteiger partial charge is 0.309 e. The maximum Gasteiger partial charge on any atom is 0.0547 e. The standard InChI is InChI=1S/C47H37N.C3H6/c1-5-16-32-26-30-43-47(37(32)8-4)46-36(7-3)31(6-2)25-29-42(46)48(43)35-27-23-34(24-28-35)45-40-21-14-12-19-38(40)44(33-17-10-9-11-18-33)39-20-13-15-22-41(39)45;1-3-2/h5,7-30H,3-4,6H2,1-2H3;3H,1H2,2H3/b16-5-;. The van der Waals surface area contributed by atoms with Crippen molar-refractivity contribution in [3.8, 4) is 27.9 Å². The number of hydrogen-bond donors (Lipinski definition) is 0. The van der Waals surface area contributed by atoms with E-state index < -0.39 is 0 Å². The second-order valence-electron chi connectivity index (χ2n) is 12.8. The molecular formula is C50H43N. The van der Waals surface area contributed by atoms with E-state index in [-0.39, 0.29) is 0 Å². The molecule has 0 spiro atoms.